The van der Waals surface area contributed by atoms with E-state index in [1.165, 1.54) is 35.6 Å². The molecule has 2 aliphatic carbocycles. The van der Waals surface area contributed by atoms with E-state index in [0.717, 1.165) is 0 Å². The van der Waals surface area contributed by atoms with Crippen molar-refractivity contribution < 1.29 is 0 Å². The van der Waals surface area contributed by atoms with Crippen molar-refractivity contribution in [3.8, 4) is 0 Å². The van der Waals surface area contributed by atoms with E-state index in [1.807, 2.05) is 0 Å². The van der Waals surface area contributed by atoms with Crippen molar-refractivity contribution in [3.63, 3.8) is 0 Å². The number of hydrogen-bond donors (Lipinski definition) is 0. The Morgan fingerprint density at radius 2 is 1.83 bits per heavy atom. The smallest absolute Gasteiger partial charge is 0.0208 e. The van der Waals surface area contributed by atoms with Crippen LogP contribution in [0.3, 0.4) is 0 Å². The molecule has 2 aromatic rings. The molecule has 2 aromatic carbocycles. The van der Waals surface area contributed by atoms with Crippen LogP contribution in [-0.4, -0.2) is 0 Å². The Bertz CT molecular complexity index is 670. The Morgan fingerprint density at radius 3 is 2.67 bits per heavy atom. The summed E-state index contributed by atoms with van der Waals surface area (Å²) in [5, 5.41) is 2.80. The highest BCUT2D eigenvalue weighted by Gasteiger charge is 2.43. The van der Waals surface area contributed by atoms with Crippen molar-refractivity contribution in [2.75, 3.05) is 0 Å². The fourth-order valence-corrected chi connectivity index (χ4v) is 3.56. The van der Waals surface area contributed by atoms with Crippen molar-refractivity contribution in [2.45, 2.75) is 24.7 Å². The molecule has 1 fully saturated rings. The minimum Gasteiger partial charge on any atom is -0.0833 e. The maximum atomic E-state index is 2.33. The van der Waals surface area contributed by atoms with Gasteiger partial charge in [0.2, 0.25) is 0 Å². The zero-order valence-electron chi connectivity index (χ0n) is 10.4. The molecule has 0 N–H and O–H groups in total. The van der Waals surface area contributed by atoms with E-state index < -0.39 is 0 Å². The summed E-state index contributed by atoms with van der Waals surface area (Å²) in [5.41, 5.74) is 3.47. The molecule has 0 heterocycles. The predicted octanol–water partition coefficient (Wildman–Crippen LogP) is 4.76. The quantitative estimate of drug-likeness (QED) is 0.665. The van der Waals surface area contributed by atoms with Gasteiger partial charge in [0.1, 0.15) is 0 Å². The van der Waals surface area contributed by atoms with Crippen molar-refractivity contribution in [1.29, 1.82) is 0 Å². The molecule has 0 bridgehead atoms. The Labute approximate surface area is 108 Å². The standard InChI is InChI=1S/C18H16/c1-2-9-16-14(6-1)7-5-10-17(16)18-12-4-3-8-15(18)11-13-18/h1-10H,11-13H2. The van der Waals surface area contributed by atoms with Gasteiger partial charge < -0.3 is 0 Å². The number of benzene rings is 2. The average molecular weight is 232 g/mol. The highest BCUT2D eigenvalue weighted by Crippen LogP contribution is 2.54. The SMILES string of the molecule is C1=CCC2(c3cccc4ccccc34)CCC2=C1. The zero-order valence-corrected chi connectivity index (χ0v) is 10.4. The van der Waals surface area contributed by atoms with Gasteiger partial charge in [-0.25, -0.2) is 0 Å². The third kappa shape index (κ3) is 1.21. The second kappa shape index (κ2) is 3.58. The summed E-state index contributed by atoms with van der Waals surface area (Å²) in [5.74, 6) is 0. The van der Waals surface area contributed by atoms with Crippen molar-refractivity contribution in [2.24, 2.45) is 0 Å². The Balaban J connectivity index is 1.98. The van der Waals surface area contributed by atoms with Crippen LogP contribution in [0.15, 0.2) is 66.3 Å². The van der Waals surface area contributed by atoms with Crippen LogP contribution in [0.25, 0.3) is 10.8 Å². The minimum atomic E-state index is 0.315. The van der Waals surface area contributed by atoms with Crippen LogP contribution in [0.5, 0.6) is 0 Å². The minimum absolute atomic E-state index is 0.315. The van der Waals surface area contributed by atoms with Gasteiger partial charge in [-0.1, -0.05) is 66.3 Å². The van der Waals surface area contributed by atoms with Crippen LogP contribution in [0, 0.1) is 0 Å². The zero-order chi connectivity index (χ0) is 12.0. The summed E-state index contributed by atoms with van der Waals surface area (Å²) in [6.07, 6.45) is 10.6. The lowest BCUT2D eigenvalue weighted by Gasteiger charge is -2.47. The number of hydrogen-bond acceptors (Lipinski definition) is 0. The second-order valence-corrected chi connectivity index (χ2v) is 5.43. The van der Waals surface area contributed by atoms with Crippen LogP contribution in [0.2, 0.25) is 0 Å². The molecular formula is C18H16. The first-order valence-corrected chi connectivity index (χ1v) is 6.75. The Morgan fingerprint density at radius 1 is 0.944 bits per heavy atom. The van der Waals surface area contributed by atoms with Gasteiger partial charge in [0, 0.05) is 5.41 Å². The molecule has 0 aliphatic heterocycles. The molecular weight excluding hydrogens is 216 g/mol. The molecule has 1 saturated carbocycles. The van der Waals surface area contributed by atoms with E-state index in [4.69, 9.17) is 0 Å². The summed E-state index contributed by atoms with van der Waals surface area (Å²) in [6, 6.07) is 15.5. The maximum Gasteiger partial charge on any atom is 0.0208 e. The van der Waals surface area contributed by atoms with E-state index in [2.05, 4.69) is 60.7 Å². The van der Waals surface area contributed by atoms with E-state index in [1.54, 1.807) is 5.57 Å². The monoisotopic (exact) mass is 232 g/mol. The van der Waals surface area contributed by atoms with Crippen molar-refractivity contribution in [3.05, 3.63) is 71.8 Å². The van der Waals surface area contributed by atoms with Gasteiger partial charge in [-0.15, -0.1) is 0 Å². The molecule has 0 spiro atoms. The molecule has 0 amide bonds. The fraction of sp³-hybridized carbons (Fsp3) is 0.222. The predicted molar refractivity (Wildman–Crippen MR) is 76.7 cm³/mol. The van der Waals surface area contributed by atoms with Gasteiger partial charge in [-0.3, -0.25) is 0 Å². The molecule has 4 rings (SSSR count). The van der Waals surface area contributed by atoms with E-state index in [0.29, 0.717) is 5.41 Å². The first-order valence-electron chi connectivity index (χ1n) is 6.75. The number of allylic oxidation sites excluding steroid dienone is 4. The summed E-state index contributed by atoms with van der Waals surface area (Å²) < 4.78 is 0. The van der Waals surface area contributed by atoms with E-state index in [9.17, 15) is 0 Å². The van der Waals surface area contributed by atoms with Crippen molar-refractivity contribution in [1.82, 2.24) is 0 Å². The summed E-state index contributed by atoms with van der Waals surface area (Å²) >= 11 is 0. The first-order chi connectivity index (χ1) is 8.90. The lowest BCUT2D eigenvalue weighted by molar-refractivity contribution is 0.361. The molecule has 0 radical (unpaired) electrons. The second-order valence-electron chi connectivity index (χ2n) is 5.43. The topological polar surface area (TPSA) is 0 Å². The highest BCUT2D eigenvalue weighted by atomic mass is 14.5. The third-order valence-electron chi connectivity index (χ3n) is 4.64. The first kappa shape index (κ1) is 10.1. The van der Waals surface area contributed by atoms with Crippen LogP contribution in [0.4, 0.5) is 0 Å². The average Bonchev–Trinajstić information content (AvgIpc) is 2.40. The van der Waals surface area contributed by atoms with Crippen LogP contribution < -0.4 is 0 Å². The molecule has 0 nitrogen and oxygen atoms in total. The Hall–Kier alpha value is -1.82. The van der Waals surface area contributed by atoms with Crippen molar-refractivity contribution >= 4 is 10.8 Å². The van der Waals surface area contributed by atoms with E-state index >= 15 is 0 Å². The molecule has 2 aliphatic rings. The van der Waals surface area contributed by atoms with Crippen LogP contribution >= 0.6 is 0 Å². The summed E-state index contributed by atoms with van der Waals surface area (Å²) in [6.45, 7) is 0. The maximum absolute atomic E-state index is 2.33. The van der Waals surface area contributed by atoms with E-state index in [-0.39, 0.29) is 0 Å². The molecule has 1 atom stereocenters. The fourth-order valence-electron chi connectivity index (χ4n) is 3.56. The lowest BCUT2D eigenvalue weighted by atomic mass is 9.57. The highest BCUT2D eigenvalue weighted by molar-refractivity contribution is 5.87. The summed E-state index contributed by atoms with van der Waals surface area (Å²) in [7, 11) is 0. The number of fused-ring (bicyclic) bond motifs is 2. The van der Waals surface area contributed by atoms with Gasteiger partial charge in [-0.2, -0.15) is 0 Å². The van der Waals surface area contributed by atoms with Gasteiger partial charge in [0.25, 0.3) is 0 Å². The molecule has 18 heavy (non-hydrogen) atoms. The van der Waals surface area contributed by atoms with Crippen LogP contribution in [0.1, 0.15) is 24.8 Å². The molecule has 0 heteroatoms. The van der Waals surface area contributed by atoms with Gasteiger partial charge in [-0.05, 0) is 35.6 Å². The molecule has 0 aromatic heterocycles. The van der Waals surface area contributed by atoms with Crippen LogP contribution in [-0.2, 0) is 5.41 Å². The third-order valence-corrected chi connectivity index (χ3v) is 4.64. The molecule has 88 valence electrons. The largest absolute Gasteiger partial charge is 0.0833 e. The lowest BCUT2D eigenvalue weighted by Crippen LogP contribution is -2.38. The number of rotatable bonds is 1. The van der Waals surface area contributed by atoms with Gasteiger partial charge in [0.05, 0.1) is 0 Å². The Kier molecular flexibility index (Phi) is 2.02. The van der Waals surface area contributed by atoms with Gasteiger partial charge >= 0.3 is 0 Å². The molecule has 1 unspecified atom stereocenters. The molecule has 0 saturated heterocycles. The summed E-state index contributed by atoms with van der Waals surface area (Å²) in [4.78, 5) is 0. The normalized spacial score (nSPS) is 25.4. The van der Waals surface area contributed by atoms with Gasteiger partial charge in [0.15, 0.2) is 0 Å².